The lowest BCUT2D eigenvalue weighted by Gasteiger charge is -2.34. The molecule has 1 aliphatic rings. The van der Waals surface area contributed by atoms with Gasteiger partial charge in [-0.05, 0) is 32.2 Å². The first-order chi connectivity index (χ1) is 9.29. The zero-order valence-electron chi connectivity index (χ0n) is 12.9. The summed E-state index contributed by atoms with van der Waals surface area (Å²) in [5.41, 5.74) is 0. The predicted molar refractivity (Wildman–Crippen MR) is 81.3 cm³/mol. The molecule has 1 saturated heterocycles. The monoisotopic (exact) mass is 268 g/mol. The lowest BCUT2D eigenvalue weighted by molar-refractivity contribution is -0.134. The fraction of sp³-hybridized carbons (Fsp3) is 0.938. The van der Waals surface area contributed by atoms with E-state index in [0.29, 0.717) is 11.9 Å². The molecule has 1 N–H and O–H groups in total. The summed E-state index contributed by atoms with van der Waals surface area (Å²) in [6.07, 6.45) is 10.3. The maximum atomic E-state index is 12.4. The molecule has 1 heterocycles. The number of hydrogen-bond donors (Lipinski definition) is 1. The van der Waals surface area contributed by atoms with Crippen LogP contribution in [0, 0.1) is 0 Å². The van der Waals surface area contributed by atoms with Crippen molar-refractivity contribution < 1.29 is 4.79 Å². The van der Waals surface area contributed by atoms with E-state index in [9.17, 15) is 4.79 Å². The molecule has 1 unspecified atom stereocenters. The molecule has 1 fully saturated rings. The summed E-state index contributed by atoms with van der Waals surface area (Å²) in [5.74, 6) is 0.382. The summed E-state index contributed by atoms with van der Waals surface area (Å²) in [6.45, 7) is 7.42. The van der Waals surface area contributed by atoms with Crippen LogP contribution >= 0.6 is 0 Å². The molecule has 1 aliphatic heterocycles. The quantitative estimate of drug-likeness (QED) is 0.651. The van der Waals surface area contributed by atoms with Crippen LogP contribution in [-0.2, 0) is 4.79 Å². The Balaban J connectivity index is 2.30. The summed E-state index contributed by atoms with van der Waals surface area (Å²) in [7, 11) is 0. The van der Waals surface area contributed by atoms with Gasteiger partial charge in [0.05, 0.1) is 0 Å². The number of carbonyl (C=O) groups excluding carboxylic acids is 1. The van der Waals surface area contributed by atoms with Gasteiger partial charge in [0.25, 0.3) is 0 Å². The maximum absolute atomic E-state index is 12.4. The Morgan fingerprint density at radius 3 is 2.58 bits per heavy atom. The third-order valence-corrected chi connectivity index (χ3v) is 3.99. The van der Waals surface area contributed by atoms with E-state index in [-0.39, 0.29) is 0 Å². The van der Waals surface area contributed by atoms with Gasteiger partial charge in [-0.2, -0.15) is 0 Å². The molecule has 0 aromatic rings. The molecular weight excluding hydrogens is 236 g/mol. The van der Waals surface area contributed by atoms with E-state index in [1.807, 2.05) is 0 Å². The number of carbonyl (C=O) groups is 1. The Morgan fingerprint density at radius 1 is 1.16 bits per heavy atom. The van der Waals surface area contributed by atoms with Crippen molar-refractivity contribution >= 4 is 5.91 Å². The number of rotatable bonds is 9. The summed E-state index contributed by atoms with van der Waals surface area (Å²) >= 11 is 0. The van der Waals surface area contributed by atoms with Crippen molar-refractivity contribution in [2.45, 2.75) is 77.7 Å². The van der Waals surface area contributed by atoms with Crippen LogP contribution in [0.2, 0.25) is 0 Å². The maximum Gasteiger partial charge on any atom is 0.222 e. The average Bonchev–Trinajstić information content (AvgIpc) is 2.45. The van der Waals surface area contributed by atoms with Crippen molar-refractivity contribution in [1.29, 1.82) is 0 Å². The molecule has 0 saturated carbocycles. The molecule has 0 spiro atoms. The second-order valence-corrected chi connectivity index (χ2v) is 5.75. The van der Waals surface area contributed by atoms with Crippen LogP contribution in [0.1, 0.15) is 71.6 Å². The molecule has 0 aromatic carbocycles. The van der Waals surface area contributed by atoms with Crippen LogP contribution in [0.15, 0.2) is 0 Å². The third kappa shape index (κ3) is 6.42. The molecular formula is C16H32N2O. The van der Waals surface area contributed by atoms with Crippen molar-refractivity contribution in [2.75, 3.05) is 19.6 Å². The number of nitrogens with zero attached hydrogens (tertiary/aromatic N) is 1. The highest BCUT2D eigenvalue weighted by Gasteiger charge is 2.23. The molecule has 1 atom stereocenters. The first-order valence-corrected chi connectivity index (χ1v) is 8.29. The molecule has 1 rings (SSSR count). The first-order valence-electron chi connectivity index (χ1n) is 8.29. The van der Waals surface area contributed by atoms with Gasteiger partial charge < -0.3 is 10.2 Å². The number of nitrogens with one attached hydrogen (secondary N) is 1. The van der Waals surface area contributed by atoms with Gasteiger partial charge >= 0.3 is 0 Å². The highest BCUT2D eigenvalue weighted by Crippen LogP contribution is 2.14. The highest BCUT2D eigenvalue weighted by molar-refractivity contribution is 5.76. The molecule has 3 nitrogen and oxygen atoms in total. The Hall–Kier alpha value is -0.570. The van der Waals surface area contributed by atoms with Gasteiger partial charge in [0.1, 0.15) is 0 Å². The van der Waals surface area contributed by atoms with Crippen molar-refractivity contribution in [2.24, 2.45) is 0 Å². The number of piperidine rings is 1. The Bertz CT molecular complexity index is 237. The largest absolute Gasteiger partial charge is 0.338 e. The molecule has 0 aliphatic carbocycles. The highest BCUT2D eigenvalue weighted by atomic mass is 16.2. The van der Waals surface area contributed by atoms with Gasteiger partial charge in [0.2, 0.25) is 5.91 Å². The molecule has 19 heavy (non-hydrogen) atoms. The zero-order valence-corrected chi connectivity index (χ0v) is 12.9. The molecule has 0 aromatic heterocycles. The van der Waals surface area contributed by atoms with Crippen LogP contribution in [0.3, 0.4) is 0 Å². The standard InChI is InChI=1S/C16H32N2O/c1-3-5-6-7-8-11-16(19)18(13-4-2)15-10-9-12-17-14-15/h15,17H,3-14H2,1-2H3. The van der Waals surface area contributed by atoms with Gasteiger partial charge in [-0.25, -0.2) is 0 Å². The normalized spacial score (nSPS) is 19.4. The van der Waals surface area contributed by atoms with Gasteiger partial charge in [0, 0.05) is 25.6 Å². The summed E-state index contributed by atoms with van der Waals surface area (Å²) in [5, 5.41) is 3.42. The lowest BCUT2D eigenvalue weighted by Crippen LogP contribution is -2.48. The third-order valence-electron chi connectivity index (χ3n) is 3.99. The van der Waals surface area contributed by atoms with Gasteiger partial charge in [-0.1, -0.05) is 39.5 Å². The fourth-order valence-electron chi connectivity index (χ4n) is 2.87. The topological polar surface area (TPSA) is 32.3 Å². The summed E-state index contributed by atoms with van der Waals surface area (Å²) in [4.78, 5) is 14.5. The summed E-state index contributed by atoms with van der Waals surface area (Å²) in [6, 6.07) is 0.442. The van der Waals surface area contributed by atoms with Crippen LogP contribution < -0.4 is 5.32 Å². The minimum Gasteiger partial charge on any atom is -0.338 e. The summed E-state index contributed by atoms with van der Waals surface area (Å²) < 4.78 is 0. The molecule has 3 heteroatoms. The van der Waals surface area contributed by atoms with E-state index in [1.165, 1.54) is 38.5 Å². The Labute approximate surface area is 119 Å². The first kappa shape index (κ1) is 16.5. The van der Waals surface area contributed by atoms with Crippen LogP contribution in [0.5, 0.6) is 0 Å². The Kier molecular flexibility index (Phi) is 8.89. The predicted octanol–water partition coefficient (Wildman–Crippen LogP) is 3.34. The van der Waals surface area contributed by atoms with Crippen molar-refractivity contribution in [1.82, 2.24) is 10.2 Å². The van der Waals surface area contributed by atoms with Crippen molar-refractivity contribution in [3.63, 3.8) is 0 Å². The zero-order chi connectivity index (χ0) is 13.9. The smallest absolute Gasteiger partial charge is 0.222 e. The minimum atomic E-state index is 0.382. The van der Waals surface area contributed by atoms with Crippen LogP contribution in [0.4, 0.5) is 0 Å². The van der Waals surface area contributed by atoms with Crippen LogP contribution in [-0.4, -0.2) is 36.5 Å². The molecule has 0 radical (unpaired) electrons. The van der Waals surface area contributed by atoms with E-state index >= 15 is 0 Å². The van der Waals surface area contributed by atoms with Crippen LogP contribution in [0.25, 0.3) is 0 Å². The molecule has 112 valence electrons. The van der Waals surface area contributed by atoms with Gasteiger partial charge in [0.15, 0.2) is 0 Å². The van der Waals surface area contributed by atoms with E-state index in [0.717, 1.165) is 38.9 Å². The SMILES string of the molecule is CCCCCCCC(=O)N(CCC)C1CCCNC1. The van der Waals surface area contributed by atoms with E-state index in [2.05, 4.69) is 24.1 Å². The van der Waals surface area contributed by atoms with Gasteiger partial charge in [-0.15, -0.1) is 0 Å². The lowest BCUT2D eigenvalue weighted by atomic mass is 10.0. The fourth-order valence-corrected chi connectivity index (χ4v) is 2.87. The second kappa shape index (κ2) is 10.2. The van der Waals surface area contributed by atoms with Crippen molar-refractivity contribution in [3.8, 4) is 0 Å². The average molecular weight is 268 g/mol. The number of amides is 1. The second-order valence-electron chi connectivity index (χ2n) is 5.75. The number of unbranched alkanes of at least 4 members (excludes halogenated alkanes) is 4. The number of hydrogen-bond acceptors (Lipinski definition) is 2. The van der Waals surface area contributed by atoms with E-state index in [1.54, 1.807) is 0 Å². The van der Waals surface area contributed by atoms with Crippen molar-refractivity contribution in [3.05, 3.63) is 0 Å². The Morgan fingerprint density at radius 2 is 1.95 bits per heavy atom. The molecule has 0 bridgehead atoms. The van der Waals surface area contributed by atoms with Gasteiger partial charge in [-0.3, -0.25) is 4.79 Å². The minimum absolute atomic E-state index is 0.382. The van der Waals surface area contributed by atoms with E-state index < -0.39 is 0 Å². The molecule has 1 amide bonds. The van der Waals surface area contributed by atoms with E-state index in [4.69, 9.17) is 0 Å².